The van der Waals surface area contributed by atoms with E-state index in [4.69, 9.17) is 14.2 Å². The van der Waals surface area contributed by atoms with E-state index in [1.165, 1.54) is 109 Å². The quantitative estimate of drug-likeness (QED) is 0.130. The van der Waals surface area contributed by atoms with E-state index in [0.717, 1.165) is 0 Å². The van der Waals surface area contributed by atoms with E-state index in [9.17, 15) is 0 Å². The van der Waals surface area contributed by atoms with Gasteiger partial charge in [-0.1, -0.05) is 116 Å². The maximum absolute atomic E-state index is 5.38. The Morgan fingerprint density at radius 1 is 0.500 bits per heavy atom. The number of ether oxygens (including phenoxy) is 3. The molecular formula is C22H48O3Si. The van der Waals surface area contributed by atoms with Gasteiger partial charge in [0.25, 0.3) is 0 Å². The lowest BCUT2D eigenvalue weighted by Crippen LogP contribution is -2.42. The van der Waals surface area contributed by atoms with Crippen molar-refractivity contribution in [1.29, 1.82) is 0 Å². The highest BCUT2D eigenvalue weighted by molar-refractivity contribution is 6.38. The molecular weight excluding hydrogens is 340 g/mol. The van der Waals surface area contributed by atoms with Gasteiger partial charge in [-0.3, -0.25) is 0 Å². The third kappa shape index (κ3) is 15.2. The Bertz CT molecular complexity index is 262. The maximum atomic E-state index is 5.38. The van der Waals surface area contributed by atoms with Gasteiger partial charge in [0.2, 0.25) is 5.60 Å². The largest absolute Gasteiger partial charge is 0.335 e. The van der Waals surface area contributed by atoms with Crippen LogP contribution in [0.2, 0.25) is 6.04 Å². The van der Waals surface area contributed by atoms with Crippen LogP contribution < -0.4 is 0 Å². The Labute approximate surface area is 166 Å². The van der Waals surface area contributed by atoms with Gasteiger partial charge < -0.3 is 14.2 Å². The van der Waals surface area contributed by atoms with Gasteiger partial charge in [-0.2, -0.15) is 0 Å². The summed E-state index contributed by atoms with van der Waals surface area (Å²) < 4.78 is 16.1. The summed E-state index contributed by atoms with van der Waals surface area (Å²) in [7, 11) is 4.51. The topological polar surface area (TPSA) is 27.7 Å². The van der Waals surface area contributed by atoms with Crippen molar-refractivity contribution < 1.29 is 14.2 Å². The Balaban J connectivity index is 3.20. The predicted molar refractivity (Wildman–Crippen MR) is 117 cm³/mol. The molecule has 0 heterocycles. The molecule has 0 atom stereocenters. The van der Waals surface area contributed by atoms with Crippen LogP contribution >= 0.6 is 0 Å². The summed E-state index contributed by atoms with van der Waals surface area (Å²) in [5, 5.41) is 0. The normalized spacial score (nSPS) is 12.5. The average molecular weight is 389 g/mol. The fourth-order valence-corrected chi connectivity index (χ4v) is 5.27. The van der Waals surface area contributed by atoms with E-state index < -0.39 is 15.1 Å². The molecule has 0 rings (SSSR count). The van der Waals surface area contributed by atoms with E-state index in [1.54, 1.807) is 21.3 Å². The third-order valence-corrected chi connectivity index (χ3v) is 7.85. The van der Waals surface area contributed by atoms with Crippen molar-refractivity contribution in [3.05, 3.63) is 0 Å². The van der Waals surface area contributed by atoms with Gasteiger partial charge in [0, 0.05) is 21.3 Å². The highest BCUT2D eigenvalue weighted by Gasteiger charge is 2.28. The van der Waals surface area contributed by atoms with Gasteiger partial charge in [-0.15, -0.1) is 0 Å². The summed E-state index contributed by atoms with van der Waals surface area (Å²) >= 11 is 0. The van der Waals surface area contributed by atoms with Crippen LogP contribution in [-0.4, -0.2) is 36.4 Å². The van der Waals surface area contributed by atoms with Crippen LogP contribution in [0.3, 0.4) is 0 Å². The van der Waals surface area contributed by atoms with E-state index in [2.05, 4.69) is 6.92 Å². The minimum atomic E-state index is -0.699. The van der Waals surface area contributed by atoms with Crippen LogP contribution in [0.4, 0.5) is 0 Å². The lowest BCUT2D eigenvalue weighted by atomic mass is 10.0. The summed E-state index contributed by atoms with van der Waals surface area (Å²) in [4.78, 5) is 0. The van der Waals surface area contributed by atoms with Crippen molar-refractivity contribution >= 4 is 9.52 Å². The number of methoxy groups -OCH3 is 3. The highest BCUT2D eigenvalue weighted by atomic mass is 28.2. The van der Waals surface area contributed by atoms with Crippen molar-refractivity contribution in [2.75, 3.05) is 21.3 Å². The van der Waals surface area contributed by atoms with E-state index >= 15 is 0 Å². The van der Waals surface area contributed by atoms with Crippen LogP contribution in [0.15, 0.2) is 0 Å². The molecule has 26 heavy (non-hydrogen) atoms. The molecule has 0 amide bonds. The zero-order valence-corrected chi connectivity index (χ0v) is 19.9. The van der Waals surface area contributed by atoms with Crippen molar-refractivity contribution in [3.63, 3.8) is 0 Å². The maximum Gasteiger partial charge on any atom is 0.248 e. The van der Waals surface area contributed by atoms with Crippen LogP contribution in [0.25, 0.3) is 0 Å². The Morgan fingerprint density at radius 3 is 1.12 bits per heavy atom. The fourth-order valence-electron chi connectivity index (χ4n) is 3.62. The first-order valence-electron chi connectivity index (χ1n) is 11.4. The molecule has 0 radical (unpaired) electrons. The molecule has 0 aliphatic rings. The molecule has 0 aromatic carbocycles. The van der Waals surface area contributed by atoms with Gasteiger partial charge in [0.1, 0.15) is 9.52 Å². The molecule has 0 spiro atoms. The molecule has 3 nitrogen and oxygen atoms in total. The van der Waals surface area contributed by atoms with Crippen LogP contribution in [0.1, 0.15) is 110 Å². The first-order chi connectivity index (χ1) is 12.7. The first kappa shape index (κ1) is 26.1. The average Bonchev–Trinajstić information content (AvgIpc) is 2.68. The second-order valence-electron chi connectivity index (χ2n) is 7.70. The lowest BCUT2D eigenvalue weighted by Gasteiger charge is -2.28. The second-order valence-corrected chi connectivity index (χ2v) is 9.78. The molecule has 4 heteroatoms. The minimum Gasteiger partial charge on any atom is -0.335 e. The smallest absolute Gasteiger partial charge is 0.248 e. The molecule has 0 unspecified atom stereocenters. The van der Waals surface area contributed by atoms with Gasteiger partial charge in [0.15, 0.2) is 0 Å². The first-order valence-corrected chi connectivity index (χ1v) is 13.1. The number of hydrogen-bond acceptors (Lipinski definition) is 3. The van der Waals surface area contributed by atoms with E-state index in [-0.39, 0.29) is 0 Å². The summed E-state index contributed by atoms with van der Waals surface area (Å²) in [5.74, 6) is 0. The van der Waals surface area contributed by atoms with Gasteiger partial charge in [0.05, 0.1) is 0 Å². The molecule has 0 aliphatic carbocycles. The third-order valence-electron chi connectivity index (χ3n) is 5.52. The molecule has 158 valence electrons. The zero-order chi connectivity index (χ0) is 19.3. The molecule has 0 aromatic rings. The van der Waals surface area contributed by atoms with E-state index in [0.29, 0.717) is 0 Å². The fraction of sp³-hybridized carbons (Fsp3) is 1.00. The molecule has 0 aromatic heterocycles. The van der Waals surface area contributed by atoms with Gasteiger partial charge in [-0.05, 0) is 0 Å². The lowest BCUT2D eigenvalue weighted by molar-refractivity contribution is -0.294. The standard InChI is InChI=1S/C22H48O3Si/c1-5-6-7-8-9-10-11-12-13-14-15-16-17-18-19-20-21-26-22(23-2,24-3)25-4/h5-21,26H2,1-4H3. The van der Waals surface area contributed by atoms with Crippen molar-refractivity contribution in [2.45, 2.75) is 121 Å². The Hall–Kier alpha value is 0.0969. The summed E-state index contributed by atoms with van der Waals surface area (Å²) in [5.41, 5.74) is -0.699. The van der Waals surface area contributed by atoms with Crippen LogP contribution in [0.5, 0.6) is 0 Å². The zero-order valence-electron chi connectivity index (χ0n) is 18.5. The number of rotatable bonds is 21. The Morgan fingerprint density at radius 2 is 0.808 bits per heavy atom. The van der Waals surface area contributed by atoms with E-state index in [1.807, 2.05) is 0 Å². The molecule has 0 saturated carbocycles. The summed E-state index contributed by atoms with van der Waals surface area (Å²) in [6, 6.07) is 1.23. The van der Waals surface area contributed by atoms with Crippen molar-refractivity contribution in [1.82, 2.24) is 0 Å². The van der Waals surface area contributed by atoms with Gasteiger partial charge in [-0.25, -0.2) is 0 Å². The monoisotopic (exact) mass is 388 g/mol. The van der Waals surface area contributed by atoms with Crippen LogP contribution in [0, 0.1) is 0 Å². The molecule has 0 bridgehead atoms. The minimum absolute atomic E-state index is 0.513. The van der Waals surface area contributed by atoms with Crippen molar-refractivity contribution in [2.24, 2.45) is 0 Å². The highest BCUT2D eigenvalue weighted by Crippen LogP contribution is 2.16. The molecule has 0 fully saturated rings. The summed E-state index contributed by atoms with van der Waals surface area (Å²) in [6.45, 7) is 2.29. The van der Waals surface area contributed by atoms with Crippen molar-refractivity contribution in [3.8, 4) is 0 Å². The SMILES string of the molecule is CCCCCCCCCCCCCCCCCC[SiH2]C(OC)(OC)OC. The Kier molecular flexibility index (Phi) is 19.9. The predicted octanol–water partition coefficient (Wildman–Crippen LogP) is 6.39. The molecule has 0 N–H and O–H groups in total. The number of hydrogen-bond donors (Lipinski definition) is 0. The summed E-state index contributed by atoms with van der Waals surface area (Å²) in [6.07, 6.45) is 22.7. The molecule has 0 saturated heterocycles. The van der Waals surface area contributed by atoms with Gasteiger partial charge >= 0.3 is 0 Å². The van der Waals surface area contributed by atoms with Crippen LogP contribution in [-0.2, 0) is 14.2 Å². The molecule has 0 aliphatic heterocycles. The number of unbranched alkanes of at least 4 members (excludes halogenated alkanes) is 15. The second kappa shape index (κ2) is 19.8.